The minimum absolute atomic E-state index is 0.0383. The fraction of sp³-hybridized carbons (Fsp3) is 0.462. The Hall–Kier alpha value is -1.75. The first kappa shape index (κ1) is 12.7. The van der Waals surface area contributed by atoms with Crippen molar-refractivity contribution in [1.82, 2.24) is 5.32 Å². The Morgan fingerprint density at radius 2 is 1.89 bits per heavy atom. The fourth-order valence-corrected chi connectivity index (χ4v) is 2.23. The van der Waals surface area contributed by atoms with Gasteiger partial charge in [0.15, 0.2) is 0 Å². The van der Waals surface area contributed by atoms with E-state index in [1.807, 2.05) is 0 Å². The van der Waals surface area contributed by atoms with Crippen molar-refractivity contribution in [2.24, 2.45) is 5.73 Å². The van der Waals surface area contributed by atoms with E-state index in [1.165, 1.54) is 18.2 Å². The molecule has 0 unspecified atom stereocenters. The summed E-state index contributed by atoms with van der Waals surface area (Å²) in [6.45, 7) is 0. The zero-order valence-corrected chi connectivity index (χ0v) is 10.1. The van der Waals surface area contributed by atoms with Crippen LogP contribution in [0.2, 0.25) is 0 Å². The van der Waals surface area contributed by atoms with E-state index < -0.39 is 0 Å². The van der Waals surface area contributed by atoms with Crippen molar-refractivity contribution in [3.05, 3.63) is 23.8 Å². The number of rotatable bonds is 2. The van der Waals surface area contributed by atoms with Crippen LogP contribution in [-0.4, -0.2) is 28.2 Å². The van der Waals surface area contributed by atoms with Crippen molar-refractivity contribution in [3.63, 3.8) is 0 Å². The molecule has 0 spiro atoms. The highest BCUT2D eigenvalue weighted by Gasteiger charge is 2.21. The second kappa shape index (κ2) is 5.27. The third-order valence-corrected chi connectivity index (χ3v) is 3.33. The summed E-state index contributed by atoms with van der Waals surface area (Å²) in [6, 6.07) is 4.23. The third-order valence-electron chi connectivity index (χ3n) is 3.33. The monoisotopic (exact) mass is 250 g/mol. The van der Waals surface area contributed by atoms with Crippen molar-refractivity contribution in [2.45, 2.75) is 37.8 Å². The number of phenols is 2. The molecule has 1 aliphatic rings. The van der Waals surface area contributed by atoms with Gasteiger partial charge in [-0.05, 0) is 43.9 Å². The van der Waals surface area contributed by atoms with E-state index in [2.05, 4.69) is 5.32 Å². The summed E-state index contributed by atoms with van der Waals surface area (Å²) in [5.74, 6) is -0.523. The summed E-state index contributed by atoms with van der Waals surface area (Å²) in [5.41, 5.74) is 5.90. The number of nitrogens with two attached hydrogens (primary N) is 1. The molecule has 0 aromatic heterocycles. The van der Waals surface area contributed by atoms with E-state index in [4.69, 9.17) is 5.73 Å². The topological polar surface area (TPSA) is 95.6 Å². The number of hydrogen-bond donors (Lipinski definition) is 4. The van der Waals surface area contributed by atoms with Crippen molar-refractivity contribution >= 4 is 5.91 Å². The lowest BCUT2D eigenvalue weighted by molar-refractivity contribution is 0.0922. The largest absolute Gasteiger partial charge is 0.508 e. The van der Waals surface area contributed by atoms with Gasteiger partial charge < -0.3 is 21.3 Å². The summed E-state index contributed by atoms with van der Waals surface area (Å²) in [5, 5.41) is 21.8. The number of benzene rings is 1. The summed E-state index contributed by atoms with van der Waals surface area (Å²) in [6.07, 6.45) is 3.51. The molecule has 1 aromatic carbocycles. The van der Waals surface area contributed by atoms with Crippen molar-refractivity contribution < 1.29 is 15.0 Å². The van der Waals surface area contributed by atoms with Gasteiger partial charge >= 0.3 is 0 Å². The van der Waals surface area contributed by atoms with Crippen LogP contribution in [0.1, 0.15) is 36.0 Å². The average Bonchev–Trinajstić information content (AvgIpc) is 2.35. The van der Waals surface area contributed by atoms with Crippen molar-refractivity contribution in [1.29, 1.82) is 0 Å². The molecule has 5 heteroatoms. The zero-order chi connectivity index (χ0) is 13.1. The number of carbonyl (C=O) groups is 1. The Morgan fingerprint density at radius 1 is 1.22 bits per heavy atom. The number of amides is 1. The van der Waals surface area contributed by atoms with Crippen LogP contribution in [0.3, 0.4) is 0 Å². The van der Waals surface area contributed by atoms with Gasteiger partial charge in [-0.3, -0.25) is 4.79 Å². The van der Waals surface area contributed by atoms with Gasteiger partial charge in [0, 0.05) is 12.1 Å². The maximum absolute atomic E-state index is 12.0. The Kier molecular flexibility index (Phi) is 3.72. The molecule has 0 saturated heterocycles. The quantitative estimate of drug-likeness (QED) is 0.591. The van der Waals surface area contributed by atoms with Gasteiger partial charge in [-0.15, -0.1) is 0 Å². The lowest BCUT2D eigenvalue weighted by Crippen LogP contribution is -2.40. The highest BCUT2D eigenvalue weighted by molar-refractivity contribution is 5.97. The van der Waals surface area contributed by atoms with E-state index >= 15 is 0 Å². The summed E-state index contributed by atoms with van der Waals surface area (Å²) >= 11 is 0. The highest BCUT2D eigenvalue weighted by Crippen LogP contribution is 2.23. The number of phenolic OH excluding ortho intramolecular Hbond substituents is 2. The Morgan fingerprint density at radius 3 is 2.56 bits per heavy atom. The van der Waals surface area contributed by atoms with E-state index in [0.717, 1.165) is 25.7 Å². The molecule has 1 fully saturated rings. The minimum atomic E-state index is -0.358. The molecule has 98 valence electrons. The first-order chi connectivity index (χ1) is 8.56. The number of nitrogens with one attached hydrogen (secondary N) is 1. The van der Waals surface area contributed by atoms with Gasteiger partial charge in [0.1, 0.15) is 11.5 Å². The summed E-state index contributed by atoms with van der Waals surface area (Å²) in [4.78, 5) is 12.0. The second-order valence-corrected chi connectivity index (χ2v) is 4.79. The van der Waals surface area contributed by atoms with E-state index in [1.54, 1.807) is 0 Å². The lowest BCUT2D eigenvalue weighted by Gasteiger charge is -2.26. The highest BCUT2D eigenvalue weighted by atomic mass is 16.3. The predicted molar refractivity (Wildman–Crippen MR) is 67.5 cm³/mol. The standard InChI is InChI=1S/C13H18N2O3/c14-8-1-3-9(4-2-8)15-13(18)11-7-10(16)5-6-12(11)17/h5-9,16-17H,1-4,14H2,(H,15,18). The molecule has 0 aliphatic heterocycles. The summed E-state index contributed by atoms with van der Waals surface area (Å²) in [7, 11) is 0. The first-order valence-electron chi connectivity index (χ1n) is 6.14. The Balaban J connectivity index is 2.01. The predicted octanol–water partition coefficient (Wildman–Crippen LogP) is 1.10. The maximum Gasteiger partial charge on any atom is 0.255 e. The molecule has 1 aromatic rings. The number of aromatic hydroxyl groups is 2. The fourth-order valence-electron chi connectivity index (χ4n) is 2.23. The molecule has 1 saturated carbocycles. The van der Waals surface area contributed by atoms with Crippen LogP contribution in [0.15, 0.2) is 18.2 Å². The first-order valence-corrected chi connectivity index (χ1v) is 6.14. The normalized spacial score (nSPS) is 23.6. The van der Waals surface area contributed by atoms with Crippen LogP contribution >= 0.6 is 0 Å². The Labute approximate surface area is 106 Å². The molecule has 1 amide bonds. The van der Waals surface area contributed by atoms with Crippen molar-refractivity contribution in [3.8, 4) is 11.5 Å². The molecule has 18 heavy (non-hydrogen) atoms. The number of hydrogen-bond acceptors (Lipinski definition) is 4. The van der Waals surface area contributed by atoms with E-state index in [-0.39, 0.29) is 35.1 Å². The Bertz CT molecular complexity index is 440. The zero-order valence-electron chi connectivity index (χ0n) is 10.1. The van der Waals surface area contributed by atoms with Crippen LogP contribution < -0.4 is 11.1 Å². The van der Waals surface area contributed by atoms with Gasteiger partial charge in [-0.2, -0.15) is 0 Å². The van der Waals surface area contributed by atoms with Gasteiger partial charge in [0.25, 0.3) is 5.91 Å². The van der Waals surface area contributed by atoms with E-state index in [0.29, 0.717) is 0 Å². The number of carbonyl (C=O) groups excluding carboxylic acids is 1. The summed E-state index contributed by atoms with van der Waals surface area (Å²) < 4.78 is 0. The van der Waals surface area contributed by atoms with Gasteiger partial charge in [-0.1, -0.05) is 0 Å². The van der Waals surface area contributed by atoms with Crippen LogP contribution in [-0.2, 0) is 0 Å². The van der Waals surface area contributed by atoms with Gasteiger partial charge in [0.05, 0.1) is 5.56 Å². The molecule has 2 rings (SSSR count). The molecule has 0 radical (unpaired) electrons. The molecular formula is C13H18N2O3. The molecular weight excluding hydrogens is 232 g/mol. The molecule has 1 aliphatic carbocycles. The SMILES string of the molecule is NC1CCC(NC(=O)c2cc(O)ccc2O)CC1. The van der Waals surface area contributed by atoms with Crippen LogP contribution in [0.4, 0.5) is 0 Å². The van der Waals surface area contributed by atoms with Crippen LogP contribution in [0, 0.1) is 0 Å². The van der Waals surface area contributed by atoms with Crippen LogP contribution in [0.5, 0.6) is 11.5 Å². The average molecular weight is 250 g/mol. The third kappa shape index (κ3) is 2.92. The molecule has 5 nitrogen and oxygen atoms in total. The van der Waals surface area contributed by atoms with Crippen LogP contribution in [0.25, 0.3) is 0 Å². The smallest absolute Gasteiger partial charge is 0.255 e. The molecule has 0 atom stereocenters. The van der Waals surface area contributed by atoms with E-state index in [9.17, 15) is 15.0 Å². The second-order valence-electron chi connectivity index (χ2n) is 4.79. The molecule has 0 heterocycles. The van der Waals surface area contributed by atoms with Gasteiger partial charge in [0.2, 0.25) is 0 Å². The maximum atomic E-state index is 12.0. The lowest BCUT2D eigenvalue weighted by atomic mass is 9.91. The molecule has 5 N–H and O–H groups in total. The van der Waals surface area contributed by atoms with Crippen molar-refractivity contribution in [2.75, 3.05) is 0 Å². The molecule has 0 bridgehead atoms. The minimum Gasteiger partial charge on any atom is -0.508 e. The van der Waals surface area contributed by atoms with Gasteiger partial charge in [-0.25, -0.2) is 0 Å².